The minimum Gasteiger partial charge on any atom is -0.492 e. The summed E-state index contributed by atoms with van der Waals surface area (Å²) in [5.41, 5.74) is 5.13. The third-order valence-corrected chi connectivity index (χ3v) is 5.95. The summed E-state index contributed by atoms with van der Waals surface area (Å²) in [4.78, 5) is 12.3. The Morgan fingerprint density at radius 1 is 1.23 bits per heavy atom. The lowest BCUT2D eigenvalue weighted by molar-refractivity contribution is -0.116. The van der Waals surface area contributed by atoms with Gasteiger partial charge in [-0.05, 0) is 77.9 Å². The van der Waals surface area contributed by atoms with Crippen LogP contribution in [0.5, 0.6) is 5.75 Å². The molecule has 2 aromatic carbocycles. The highest BCUT2D eigenvalue weighted by Crippen LogP contribution is 2.35. The molecule has 0 saturated heterocycles. The summed E-state index contributed by atoms with van der Waals surface area (Å²) in [6.45, 7) is 8.48. The highest BCUT2D eigenvalue weighted by molar-refractivity contribution is 9.10. The number of amides is 1. The summed E-state index contributed by atoms with van der Waals surface area (Å²) in [6, 6.07) is 8.00. The molecule has 1 N–H and O–H groups in total. The first kappa shape index (κ1) is 20.8. The molecule has 26 heavy (non-hydrogen) atoms. The lowest BCUT2D eigenvalue weighted by Gasteiger charge is -2.14. The van der Waals surface area contributed by atoms with E-state index >= 15 is 0 Å². The van der Waals surface area contributed by atoms with Gasteiger partial charge in [-0.2, -0.15) is 0 Å². The van der Waals surface area contributed by atoms with Crippen LogP contribution < -0.4 is 10.1 Å². The maximum absolute atomic E-state index is 12.3. The van der Waals surface area contributed by atoms with Crippen molar-refractivity contribution in [2.45, 2.75) is 47.0 Å². The highest BCUT2D eigenvalue weighted by Gasteiger charge is 2.12. The fraction of sp³-hybridized carbons (Fsp3) is 0.381. The van der Waals surface area contributed by atoms with Gasteiger partial charge in [0.05, 0.1) is 11.1 Å². The third kappa shape index (κ3) is 5.01. The van der Waals surface area contributed by atoms with Crippen LogP contribution in [-0.4, -0.2) is 12.5 Å². The van der Waals surface area contributed by atoms with E-state index in [1.54, 1.807) is 0 Å². The average molecular weight is 439 g/mol. The maximum Gasteiger partial charge on any atom is 0.224 e. The van der Waals surface area contributed by atoms with E-state index in [9.17, 15) is 4.79 Å². The van der Waals surface area contributed by atoms with E-state index in [0.29, 0.717) is 19.4 Å². The fourth-order valence-electron chi connectivity index (χ4n) is 2.82. The smallest absolute Gasteiger partial charge is 0.224 e. The van der Waals surface area contributed by atoms with Gasteiger partial charge in [-0.15, -0.1) is 0 Å². The molecule has 3 nitrogen and oxygen atoms in total. The molecule has 0 heterocycles. The van der Waals surface area contributed by atoms with Gasteiger partial charge in [0.2, 0.25) is 5.91 Å². The van der Waals surface area contributed by atoms with Gasteiger partial charge in [0.15, 0.2) is 0 Å². The molecule has 140 valence electrons. The van der Waals surface area contributed by atoms with E-state index in [4.69, 9.17) is 16.3 Å². The second-order valence-corrected chi connectivity index (χ2v) is 7.58. The standard InChI is InChI=1S/C21H25BrClNO2/c1-5-16-9-6-8-13(2)21(16)24-18(25)10-7-11-26-17-12-14(3)20(23)15(4)19(17)22/h6,8-9,12H,5,7,10-11H2,1-4H3,(H,24,25). The molecule has 0 atom stereocenters. The minimum atomic E-state index is 0.0140. The predicted octanol–water partition coefficient (Wildman–Crippen LogP) is 6.39. The van der Waals surface area contributed by atoms with Crippen LogP contribution in [0.3, 0.4) is 0 Å². The Morgan fingerprint density at radius 2 is 1.96 bits per heavy atom. The first-order chi connectivity index (χ1) is 12.3. The first-order valence-corrected chi connectivity index (χ1v) is 9.98. The van der Waals surface area contributed by atoms with Crippen LogP contribution >= 0.6 is 27.5 Å². The van der Waals surface area contributed by atoms with Gasteiger partial charge >= 0.3 is 0 Å². The van der Waals surface area contributed by atoms with E-state index in [0.717, 1.165) is 49.6 Å². The number of rotatable bonds is 7. The van der Waals surface area contributed by atoms with Crippen LogP contribution in [0, 0.1) is 20.8 Å². The molecule has 0 aromatic heterocycles. The molecule has 0 spiro atoms. The van der Waals surface area contributed by atoms with Gasteiger partial charge in [-0.3, -0.25) is 4.79 Å². The number of carbonyl (C=O) groups is 1. The van der Waals surface area contributed by atoms with E-state index in [-0.39, 0.29) is 5.91 Å². The van der Waals surface area contributed by atoms with Crippen LogP contribution in [0.1, 0.15) is 42.0 Å². The van der Waals surface area contributed by atoms with Crippen molar-refractivity contribution in [1.29, 1.82) is 0 Å². The number of anilines is 1. The van der Waals surface area contributed by atoms with Crippen LogP contribution in [0.4, 0.5) is 5.69 Å². The van der Waals surface area contributed by atoms with Crippen molar-refractivity contribution in [1.82, 2.24) is 0 Å². The highest BCUT2D eigenvalue weighted by atomic mass is 79.9. The molecule has 0 fully saturated rings. The zero-order valence-corrected chi connectivity index (χ0v) is 18.1. The van der Waals surface area contributed by atoms with Crippen LogP contribution in [0.15, 0.2) is 28.7 Å². The Hall–Kier alpha value is -1.52. The van der Waals surface area contributed by atoms with E-state index in [1.165, 1.54) is 0 Å². The number of para-hydroxylation sites is 1. The Balaban J connectivity index is 1.89. The number of ether oxygens (including phenoxy) is 1. The SMILES string of the molecule is CCc1cccc(C)c1NC(=O)CCCOc1cc(C)c(Cl)c(C)c1Br. The van der Waals surface area contributed by atoms with Crippen molar-refractivity contribution >= 4 is 39.1 Å². The first-order valence-electron chi connectivity index (χ1n) is 8.81. The van der Waals surface area contributed by atoms with E-state index in [2.05, 4.69) is 34.2 Å². The number of carbonyl (C=O) groups excluding carboxylic acids is 1. The van der Waals surface area contributed by atoms with Crippen LogP contribution in [0.25, 0.3) is 0 Å². The fourth-order valence-corrected chi connectivity index (χ4v) is 3.51. The lowest BCUT2D eigenvalue weighted by atomic mass is 10.1. The maximum atomic E-state index is 12.3. The molecule has 0 radical (unpaired) electrons. The van der Waals surface area contributed by atoms with Crippen molar-refractivity contribution in [3.63, 3.8) is 0 Å². The molecule has 1 amide bonds. The lowest BCUT2D eigenvalue weighted by Crippen LogP contribution is -2.15. The van der Waals surface area contributed by atoms with Gasteiger partial charge < -0.3 is 10.1 Å². The Labute approximate surface area is 169 Å². The summed E-state index contributed by atoms with van der Waals surface area (Å²) in [5.74, 6) is 0.775. The van der Waals surface area contributed by atoms with E-state index in [1.807, 2.05) is 39.0 Å². The number of nitrogens with one attached hydrogen (secondary N) is 1. The summed E-state index contributed by atoms with van der Waals surface area (Å²) in [6.07, 6.45) is 1.96. The molecule has 0 unspecified atom stereocenters. The summed E-state index contributed by atoms with van der Waals surface area (Å²) < 4.78 is 6.70. The van der Waals surface area contributed by atoms with Gasteiger partial charge in [-0.1, -0.05) is 36.7 Å². The number of benzene rings is 2. The number of aryl methyl sites for hydroxylation is 3. The topological polar surface area (TPSA) is 38.3 Å². The van der Waals surface area contributed by atoms with E-state index < -0.39 is 0 Å². The molecule has 0 aliphatic carbocycles. The number of halogens is 2. The summed E-state index contributed by atoms with van der Waals surface area (Å²) in [7, 11) is 0. The second-order valence-electron chi connectivity index (χ2n) is 6.41. The molecule has 0 aliphatic rings. The third-order valence-electron chi connectivity index (χ3n) is 4.38. The zero-order valence-electron chi connectivity index (χ0n) is 15.7. The van der Waals surface area contributed by atoms with Crippen LogP contribution in [0.2, 0.25) is 5.02 Å². The quantitative estimate of drug-likeness (QED) is 0.509. The Morgan fingerprint density at radius 3 is 2.65 bits per heavy atom. The van der Waals surface area contributed by atoms with Gasteiger partial charge in [0, 0.05) is 17.1 Å². The second kappa shape index (κ2) is 9.43. The normalized spacial score (nSPS) is 10.7. The van der Waals surface area contributed by atoms with Crippen LogP contribution in [-0.2, 0) is 11.2 Å². The number of hydrogen-bond donors (Lipinski definition) is 1. The van der Waals surface area contributed by atoms with Crippen molar-refractivity contribution in [3.05, 3.63) is 56.0 Å². The average Bonchev–Trinajstić information content (AvgIpc) is 2.62. The zero-order chi connectivity index (χ0) is 19.3. The van der Waals surface area contributed by atoms with Gasteiger partial charge in [0.25, 0.3) is 0 Å². The Kier molecular flexibility index (Phi) is 7.54. The molecule has 2 rings (SSSR count). The van der Waals surface area contributed by atoms with Crippen molar-refractivity contribution in [2.24, 2.45) is 0 Å². The summed E-state index contributed by atoms with van der Waals surface area (Å²) in [5, 5.41) is 3.79. The largest absolute Gasteiger partial charge is 0.492 e. The molecule has 2 aromatic rings. The Bertz CT molecular complexity index is 805. The van der Waals surface area contributed by atoms with Gasteiger partial charge in [0.1, 0.15) is 5.75 Å². The molecule has 5 heteroatoms. The monoisotopic (exact) mass is 437 g/mol. The number of hydrogen-bond acceptors (Lipinski definition) is 2. The van der Waals surface area contributed by atoms with Gasteiger partial charge in [-0.25, -0.2) is 0 Å². The molecule has 0 saturated carbocycles. The molecular weight excluding hydrogens is 414 g/mol. The minimum absolute atomic E-state index is 0.0140. The summed E-state index contributed by atoms with van der Waals surface area (Å²) >= 11 is 9.76. The predicted molar refractivity (Wildman–Crippen MR) is 113 cm³/mol. The van der Waals surface area contributed by atoms with Crippen molar-refractivity contribution in [3.8, 4) is 5.75 Å². The molecule has 0 bridgehead atoms. The molecular formula is C21H25BrClNO2. The van der Waals surface area contributed by atoms with Crippen molar-refractivity contribution < 1.29 is 9.53 Å². The molecule has 0 aliphatic heterocycles. The van der Waals surface area contributed by atoms with Crippen molar-refractivity contribution in [2.75, 3.05) is 11.9 Å².